The predicted molar refractivity (Wildman–Crippen MR) is 52.3 cm³/mol. The molecule has 1 rings (SSSR count). The molecule has 0 bridgehead atoms. The van der Waals surface area contributed by atoms with Gasteiger partial charge in [0.05, 0.1) is 6.54 Å². The SMILES string of the molecule is C#CCN(C)C(=O)N1CCCCC1. The van der Waals surface area contributed by atoms with E-state index in [4.69, 9.17) is 6.42 Å². The average molecular weight is 180 g/mol. The quantitative estimate of drug-likeness (QED) is 0.555. The minimum absolute atomic E-state index is 0.0673. The third-order valence-corrected chi connectivity index (χ3v) is 2.28. The zero-order valence-electron chi connectivity index (χ0n) is 8.12. The molecule has 0 N–H and O–H groups in total. The van der Waals surface area contributed by atoms with E-state index in [-0.39, 0.29) is 6.03 Å². The molecule has 0 aromatic heterocycles. The number of amides is 2. The van der Waals surface area contributed by atoms with Crippen LogP contribution in [0.2, 0.25) is 0 Å². The summed E-state index contributed by atoms with van der Waals surface area (Å²) in [5.74, 6) is 2.47. The first kappa shape index (κ1) is 9.91. The number of hydrogen-bond donors (Lipinski definition) is 0. The van der Waals surface area contributed by atoms with Gasteiger partial charge < -0.3 is 9.80 Å². The molecule has 0 saturated carbocycles. The monoisotopic (exact) mass is 180 g/mol. The van der Waals surface area contributed by atoms with E-state index < -0.39 is 0 Å². The Hall–Kier alpha value is -1.17. The average Bonchev–Trinajstić information content (AvgIpc) is 2.18. The Morgan fingerprint density at radius 1 is 1.46 bits per heavy atom. The van der Waals surface area contributed by atoms with Crippen LogP contribution in [-0.2, 0) is 0 Å². The van der Waals surface area contributed by atoms with E-state index in [0.717, 1.165) is 25.9 Å². The number of carbonyl (C=O) groups is 1. The predicted octanol–water partition coefficient (Wildman–Crippen LogP) is 1.16. The van der Waals surface area contributed by atoms with Crippen molar-refractivity contribution in [1.82, 2.24) is 9.80 Å². The minimum atomic E-state index is 0.0673. The molecule has 3 nitrogen and oxygen atoms in total. The highest BCUT2D eigenvalue weighted by molar-refractivity contribution is 5.74. The fourth-order valence-corrected chi connectivity index (χ4v) is 1.53. The van der Waals surface area contributed by atoms with Crippen LogP contribution in [0.3, 0.4) is 0 Å². The summed E-state index contributed by atoms with van der Waals surface area (Å²) in [7, 11) is 1.75. The zero-order chi connectivity index (χ0) is 9.68. The summed E-state index contributed by atoms with van der Waals surface area (Å²) in [5, 5.41) is 0. The number of rotatable bonds is 1. The van der Waals surface area contributed by atoms with Gasteiger partial charge in [-0.25, -0.2) is 4.79 Å². The van der Waals surface area contributed by atoms with E-state index in [2.05, 4.69) is 5.92 Å². The van der Waals surface area contributed by atoms with Crippen molar-refractivity contribution in [3.05, 3.63) is 0 Å². The number of nitrogens with zero attached hydrogens (tertiary/aromatic N) is 2. The van der Waals surface area contributed by atoms with Gasteiger partial charge in [-0.1, -0.05) is 5.92 Å². The smallest absolute Gasteiger partial charge is 0.320 e. The van der Waals surface area contributed by atoms with E-state index in [0.29, 0.717) is 6.54 Å². The van der Waals surface area contributed by atoms with Gasteiger partial charge in [0.2, 0.25) is 0 Å². The van der Waals surface area contributed by atoms with Crippen LogP contribution in [0.5, 0.6) is 0 Å². The fraction of sp³-hybridized carbons (Fsp3) is 0.700. The summed E-state index contributed by atoms with van der Waals surface area (Å²) >= 11 is 0. The third-order valence-electron chi connectivity index (χ3n) is 2.28. The van der Waals surface area contributed by atoms with E-state index >= 15 is 0 Å². The van der Waals surface area contributed by atoms with Crippen molar-refractivity contribution in [2.45, 2.75) is 19.3 Å². The molecular weight excluding hydrogens is 164 g/mol. The molecule has 0 spiro atoms. The van der Waals surface area contributed by atoms with Gasteiger partial charge in [-0.05, 0) is 19.3 Å². The van der Waals surface area contributed by atoms with Crippen molar-refractivity contribution >= 4 is 6.03 Å². The lowest BCUT2D eigenvalue weighted by Crippen LogP contribution is -2.43. The van der Waals surface area contributed by atoms with Crippen LogP contribution in [0.15, 0.2) is 0 Å². The maximum Gasteiger partial charge on any atom is 0.320 e. The number of urea groups is 1. The normalized spacial score (nSPS) is 16.5. The second kappa shape index (κ2) is 4.76. The second-order valence-corrected chi connectivity index (χ2v) is 3.39. The Morgan fingerprint density at radius 3 is 2.62 bits per heavy atom. The Bertz CT molecular complexity index is 213. The summed E-state index contributed by atoms with van der Waals surface area (Å²) in [6.07, 6.45) is 8.61. The van der Waals surface area contributed by atoms with Crippen LogP contribution in [0.1, 0.15) is 19.3 Å². The Balaban J connectivity index is 2.41. The molecule has 0 radical (unpaired) electrons. The van der Waals surface area contributed by atoms with Gasteiger partial charge in [0, 0.05) is 20.1 Å². The summed E-state index contributed by atoms with van der Waals surface area (Å²) < 4.78 is 0. The van der Waals surface area contributed by atoms with Crippen molar-refractivity contribution < 1.29 is 4.79 Å². The number of hydrogen-bond acceptors (Lipinski definition) is 1. The number of terminal acetylenes is 1. The molecule has 13 heavy (non-hydrogen) atoms. The molecule has 0 aromatic carbocycles. The standard InChI is InChI=1S/C10H16N2O/c1-3-7-11(2)10(13)12-8-5-4-6-9-12/h1H,4-9H2,2H3. The van der Waals surface area contributed by atoms with Gasteiger partial charge in [0.1, 0.15) is 0 Å². The van der Waals surface area contributed by atoms with E-state index in [1.807, 2.05) is 4.90 Å². The molecule has 1 aliphatic rings. The van der Waals surface area contributed by atoms with E-state index in [9.17, 15) is 4.79 Å². The van der Waals surface area contributed by atoms with Crippen LogP contribution in [0.4, 0.5) is 4.79 Å². The van der Waals surface area contributed by atoms with Gasteiger partial charge in [0.15, 0.2) is 0 Å². The maximum atomic E-state index is 11.6. The molecule has 3 heteroatoms. The molecule has 1 heterocycles. The molecule has 0 aromatic rings. The van der Waals surface area contributed by atoms with E-state index in [1.54, 1.807) is 11.9 Å². The second-order valence-electron chi connectivity index (χ2n) is 3.39. The Labute approximate surface area is 79.7 Å². The summed E-state index contributed by atoms with van der Waals surface area (Å²) in [6, 6.07) is 0.0673. The van der Waals surface area contributed by atoms with Crippen LogP contribution in [0.25, 0.3) is 0 Å². The summed E-state index contributed by atoms with van der Waals surface area (Å²) in [4.78, 5) is 15.1. The topological polar surface area (TPSA) is 23.6 Å². The van der Waals surface area contributed by atoms with E-state index in [1.165, 1.54) is 6.42 Å². The van der Waals surface area contributed by atoms with Gasteiger partial charge in [-0.2, -0.15) is 0 Å². The maximum absolute atomic E-state index is 11.6. The molecule has 0 atom stereocenters. The van der Waals surface area contributed by atoms with Crippen molar-refractivity contribution in [2.24, 2.45) is 0 Å². The minimum Gasteiger partial charge on any atom is -0.325 e. The van der Waals surface area contributed by atoms with Gasteiger partial charge in [0.25, 0.3) is 0 Å². The fourth-order valence-electron chi connectivity index (χ4n) is 1.53. The molecular formula is C10H16N2O. The highest BCUT2D eigenvalue weighted by atomic mass is 16.2. The number of piperidine rings is 1. The zero-order valence-corrected chi connectivity index (χ0v) is 8.12. The van der Waals surface area contributed by atoms with Crippen molar-refractivity contribution in [1.29, 1.82) is 0 Å². The van der Waals surface area contributed by atoms with Crippen LogP contribution in [0, 0.1) is 12.3 Å². The number of carbonyl (C=O) groups excluding carboxylic acids is 1. The summed E-state index contributed by atoms with van der Waals surface area (Å²) in [5.41, 5.74) is 0. The lowest BCUT2D eigenvalue weighted by atomic mass is 10.1. The molecule has 1 fully saturated rings. The molecule has 1 saturated heterocycles. The Morgan fingerprint density at radius 2 is 2.08 bits per heavy atom. The van der Waals surface area contributed by atoms with Gasteiger partial charge in [-0.15, -0.1) is 6.42 Å². The summed E-state index contributed by atoms with van der Waals surface area (Å²) in [6.45, 7) is 2.16. The molecule has 0 unspecified atom stereocenters. The molecule has 72 valence electrons. The lowest BCUT2D eigenvalue weighted by molar-refractivity contribution is 0.157. The molecule has 1 aliphatic heterocycles. The first-order valence-corrected chi connectivity index (χ1v) is 4.69. The van der Waals surface area contributed by atoms with Crippen LogP contribution < -0.4 is 0 Å². The third kappa shape index (κ3) is 2.66. The Kier molecular flexibility index (Phi) is 3.63. The van der Waals surface area contributed by atoms with Gasteiger partial charge >= 0.3 is 6.03 Å². The highest BCUT2D eigenvalue weighted by Crippen LogP contribution is 2.10. The highest BCUT2D eigenvalue weighted by Gasteiger charge is 2.18. The van der Waals surface area contributed by atoms with Crippen molar-refractivity contribution in [3.63, 3.8) is 0 Å². The van der Waals surface area contributed by atoms with Crippen LogP contribution >= 0.6 is 0 Å². The lowest BCUT2D eigenvalue weighted by Gasteiger charge is -2.30. The van der Waals surface area contributed by atoms with Crippen LogP contribution in [-0.4, -0.2) is 42.5 Å². The first-order chi connectivity index (χ1) is 6.25. The molecule has 0 aliphatic carbocycles. The molecule has 2 amide bonds. The van der Waals surface area contributed by atoms with Crippen molar-refractivity contribution in [3.8, 4) is 12.3 Å². The largest absolute Gasteiger partial charge is 0.325 e. The van der Waals surface area contributed by atoms with Gasteiger partial charge in [-0.3, -0.25) is 0 Å². The van der Waals surface area contributed by atoms with Crippen molar-refractivity contribution in [2.75, 3.05) is 26.7 Å². The number of likely N-dealkylation sites (tertiary alicyclic amines) is 1. The first-order valence-electron chi connectivity index (χ1n) is 4.69.